The highest BCUT2D eigenvalue weighted by molar-refractivity contribution is 6.74. The standard InChI is InChI=1S/C15H25NOSi/c1-15(2,3)18(4,5)17-13-10-6-8-12-9-7-11-16-14(12)13/h7,9,11,13H,6,8,10H2,1-5H3. The van der Waals surface area contributed by atoms with Gasteiger partial charge in [-0.3, -0.25) is 4.98 Å². The molecule has 1 aromatic heterocycles. The number of rotatable bonds is 2. The maximum atomic E-state index is 6.55. The van der Waals surface area contributed by atoms with Gasteiger partial charge in [-0.25, -0.2) is 0 Å². The van der Waals surface area contributed by atoms with E-state index in [1.165, 1.54) is 17.7 Å². The van der Waals surface area contributed by atoms with Crippen LogP contribution in [0.4, 0.5) is 0 Å². The van der Waals surface area contributed by atoms with E-state index in [9.17, 15) is 0 Å². The topological polar surface area (TPSA) is 22.1 Å². The Morgan fingerprint density at radius 2 is 2.06 bits per heavy atom. The smallest absolute Gasteiger partial charge is 0.192 e. The Kier molecular flexibility index (Phi) is 3.65. The molecular weight excluding hydrogens is 238 g/mol. The fraction of sp³-hybridized carbons (Fsp3) is 0.667. The van der Waals surface area contributed by atoms with Crippen LogP contribution in [0.1, 0.15) is 51.0 Å². The van der Waals surface area contributed by atoms with Crippen molar-refractivity contribution in [3.05, 3.63) is 29.6 Å². The average Bonchev–Trinajstić information content (AvgIpc) is 2.27. The molecule has 2 nitrogen and oxygen atoms in total. The molecule has 0 radical (unpaired) electrons. The molecule has 0 N–H and O–H groups in total. The lowest BCUT2D eigenvalue weighted by Gasteiger charge is -2.40. The summed E-state index contributed by atoms with van der Waals surface area (Å²) in [6, 6.07) is 4.23. The van der Waals surface area contributed by atoms with Gasteiger partial charge in [0.2, 0.25) is 0 Å². The summed E-state index contributed by atoms with van der Waals surface area (Å²) in [6.07, 6.45) is 5.61. The van der Waals surface area contributed by atoms with E-state index < -0.39 is 8.32 Å². The van der Waals surface area contributed by atoms with E-state index in [1.54, 1.807) is 0 Å². The molecule has 1 unspecified atom stereocenters. The molecule has 1 heterocycles. The summed E-state index contributed by atoms with van der Waals surface area (Å²) in [5.41, 5.74) is 2.57. The Bertz CT molecular complexity index is 423. The second kappa shape index (κ2) is 4.78. The van der Waals surface area contributed by atoms with Crippen LogP contribution in [-0.2, 0) is 10.8 Å². The Balaban J connectivity index is 2.22. The van der Waals surface area contributed by atoms with E-state index in [-0.39, 0.29) is 11.1 Å². The van der Waals surface area contributed by atoms with Gasteiger partial charge in [0.05, 0.1) is 11.8 Å². The zero-order chi connectivity index (χ0) is 13.4. The fourth-order valence-corrected chi connectivity index (χ4v) is 3.51. The molecule has 3 heteroatoms. The monoisotopic (exact) mass is 263 g/mol. The van der Waals surface area contributed by atoms with Crippen molar-refractivity contribution in [2.75, 3.05) is 0 Å². The van der Waals surface area contributed by atoms with Gasteiger partial charge >= 0.3 is 0 Å². The number of fused-ring (bicyclic) bond motifs is 1. The molecule has 0 saturated carbocycles. The van der Waals surface area contributed by atoms with Gasteiger partial charge in [0.1, 0.15) is 0 Å². The SMILES string of the molecule is CC(C)(C)[Si](C)(C)OC1CCCc2cccnc21. The van der Waals surface area contributed by atoms with E-state index in [0.29, 0.717) is 0 Å². The molecule has 0 spiro atoms. The Hall–Kier alpha value is -0.673. The van der Waals surface area contributed by atoms with Crippen molar-refractivity contribution in [2.24, 2.45) is 0 Å². The van der Waals surface area contributed by atoms with Crippen LogP contribution in [0.15, 0.2) is 18.3 Å². The van der Waals surface area contributed by atoms with Gasteiger partial charge in [-0.05, 0) is 49.0 Å². The number of nitrogens with zero attached hydrogens (tertiary/aromatic N) is 1. The van der Waals surface area contributed by atoms with E-state index in [1.807, 2.05) is 12.3 Å². The number of pyridine rings is 1. The van der Waals surface area contributed by atoms with Gasteiger partial charge in [0.15, 0.2) is 8.32 Å². The van der Waals surface area contributed by atoms with E-state index in [0.717, 1.165) is 12.8 Å². The highest BCUT2D eigenvalue weighted by atomic mass is 28.4. The number of aryl methyl sites for hydroxylation is 1. The summed E-state index contributed by atoms with van der Waals surface area (Å²) >= 11 is 0. The molecule has 1 atom stereocenters. The second-order valence-electron chi connectivity index (χ2n) is 6.81. The number of hydrogen-bond acceptors (Lipinski definition) is 2. The molecule has 0 bridgehead atoms. The largest absolute Gasteiger partial charge is 0.408 e. The van der Waals surface area contributed by atoms with Crippen molar-refractivity contribution in [2.45, 2.75) is 64.3 Å². The molecule has 100 valence electrons. The maximum absolute atomic E-state index is 6.55. The Morgan fingerprint density at radius 3 is 2.72 bits per heavy atom. The van der Waals surface area contributed by atoms with Crippen LogP contribution >= 0.6 is 0 Å². The Labute approximate surface area is 112 Å². The van der Waals surface area contributed by atoms with E-state index in [4.69, 9.17) is 4.43 Å². The first-order valence-corrected chi connectivity index (χ1v) is 9.84. The molecule has 1 aliphatic rings. The Morgan fingerprint density at radius 1 is 1.33 bits per heavy atom. The fourth-order valence-electron chi connectivity index (χ4n) is 2.21. The van der Waals surface area contributed by atoms with Crippen LogP contribution in [0.5, 0.6) is 0 Å². The van der Waals surface area contributed by atoms with Crippen LogP contribution in [0.25, 0.3) is 0 Å². The molecule has 0 aromatic carbocycles. The highest BCUT2D eigenvalue weighted by Crippen LogP contribution is 2.42. The lowest BCUT2D eigenvalue weighted by molar-refractivity contribution is 0.158. The minimum atomic E-state index is -1.70. The van der Waals surface area contributed by atoms with Gasteiger partial charge in [-0.1, -0.05) is 26.8 Å². The first-order valence-electron chi connectivity index (χ1n) is 6.93. The highest BCUT2D eigenvalue weighted by Gasteiger charge is 2.40. The van der Waals surface area contributed by atoms with Crippen LogP contribution in [0.3, 0.4) is 0 Å². The lowest BCUT2D eigenvalue weighted by atomic mass is 9.94. The minimum absolute atomic E-state index is 0.218. The van der Waals surface area contributed by atoms with Gasteiger partial charge in [-0.2, -0.15) is 0 Å². The summed E-state index contributed by atoms with van der Waals surface area (Å²) in [7, 11) is -1.70. The van der Waals surface area contributed by atoms with Crippen LogP contribution < -0.4 is 0 Å². The van der Waals surface area contributed by atoms with Crippen molar-refractivity contribution >= 4 is 8.32 Å². The van der Waals surface area contributed by atoms with Crippen LogP contribution in [0, 0.1) is 0 Å². The summed E-state index contributed by atoms with van der Waals surface area (Å²) < 4.78 is 6.55. The lowest BCUT2D eigenvalue weighted by Crippen LogP contribution is -2.42. The number of hydrogen-bond donors (Lipinski definition) is 0. The van der Waals surface area contributed by atoms with Gasteiger partial charge in [0.25, 0.3) is 0 Å². The molecule has 1 aromatic rings. The summed E-state index contributed by atoms with van der Waals surface area (Å²) in [4.78, 5) is 4.56. The second-order valence-corrected chi connectivity index (χ2v) is 11.6. The molecule has 0 aliphatic heterocycles. The molecule has 1 aliphatic carbocycles. The maximum Gasteiger partial charge on any atom is 0.192 e. The zero-order valence-corrected chi connectivity index (χ0v) is 13.3. The van der Waals surface area contributed by atoms with Crippen molar-refractivity contribution in [1.29, 1.82) is 0 Å². The van der Waals surface area contributed by atoms with Gasteiger partial charge in [0, 0.05) is 6.20 Å². The first kappa shape index (κ1) is 13.8. The van der Waals surface area contributed by atoms with Crippen molar-refractivity contribution < 1.29 is 4.43 Å². The van der Waals surface area contributed by atoms with Crippen molar-refractivity contribution in [1.82, 2.24) is 4.98 Å². The average molecular weight is 263 g/mol. The van der Waals surface area contributed by atoms with E-state index in [2.05, 4.69) is 44.9 Å². The van der Waals surface area contributed by atoms with Crippen LogP contribution in [-0.4, -0.2) is 13.3 Å². The predicted octanol–water partition coefficient (Wildman–Crippen LogP) is 4.48. The quantitative estimate of drug-likeness (QED) is 0.734. The molecule has 0 fully saturated rings. The molecular formula is C15H25NOSi. The third-order valence-electron chi connectivity index (χ3n) is 4.39. The first-order chi connectivity index (χ1) is 8.31. The minimum Gasteiger partial charge on any atom is -0.408 e. The third kappa shape index (κ3) is 2.67. The normalized spacial score (nSPS) is 20.6. The van der Waals surface area contributed by atoms with Gasteiger partial charge in [-0.15, -0.1) is 0 Å². The number of aromatic nitrogens is 1. The molecule has 18 heavy (non-hydrogen) atoms. The molecule has 2 rings (SSSR count). The summed E-state index contributed by atoms with van der Waals surface area (Å²) in [5, 5.41) is 0.263. The van der Waals surface area contributed by atoms with Crippen molar-refractivity contribution in [3.63, 3.8) is 0 Å². The summed E-state index contributed by atoms with van der Waals surface area (Å²) in [5.74, 6) is 0. The van der Waals surface area contributed by atoms with Crippen LogP contribution in [0.2, 0.25) is 18.1 Å². The summed E-state index contributed by atoms with van der Waals surface area (Å²) in [6.45, 7) is 11.5. The zero-order valence-electron chi connectivity index (χ0n) is 12.3. The van der Waals surface area contributed by atoms with E-state index >= 15 is 0 Å². The van der Waals surface area contributed by atoms with Gasteiger partial charge < -0.3 is 4.43 Å². The molecule has 0 amide bonds. The predicted molar refractivity (Wildman–Crippen MR) is 78.2 cm³/mol. The third-order valence-corrected chi connectivity index (χ3v) is 8.87. The molecule has 0 saturated heterocycles. The van der Waals surface area contributed by atoms with Crippen molar-refractivity contribution in [3.8, 4) is 0 Å².